The average molecular weight is 195 g/mol. The van der Waals surface area contributed by atoms with Crippen LogP contribution in [-0.4, -0.2) is 22.7 Å². The summed E-state index contributed by atoms with van der Waals surface area (Å²) in [5.41, 5.74) is 5.08. The number of carboxylic acid groups (broad SMARTS) is 1. The molecule has 0 aliphatic rings. The third-order valence-electron chi connectivity index (χ3n) is 2.15. The van der Waals surface area contributed by atoms with E-state index < -0.39 is 11.6 Å². The maximum absolute atomic E-state index is 10.5. The number of carboxylic acids is 1. The smallest absolute Gasteiger partial charge is 0.335 e. The van der Waals surface area contributed by atoms with Gasteiger partial charge in [-0.15, -0.1) is 0 Å². The summed E-state index contributed by atoms with van der Waals surface area (Å²) in [4.78, 5) is 10.5. The molecule has 0 radical (unpaired) electrons. The minimum atomic E-state index is -1.10. The van der Waals surface area contributed by atoms with Gasteiger partial charge in [-0.2, -0.15) is 0 Å². The van der Waals surface area contributed by atoms with Crippen molar-refractivity contribution in [2.75, 3.05) is 6.54 Å². The first kappa shape index (κ1) is 10.7. The molecule has 0 heterocycles. The van der Waals surface area contributed by atoms with Crippen LogP contribution in [0.5, 0.6) is 0 Å². The average Bonchev–Trinajstić information content (AvgIpc) is 2.18. The van der Waals surface area contributed by atoms with E-state index in [1.165, 1.54) is 12.1 Å². The van der Waals surface area contributed by atoms with Gasteiger partial charge in [0.1, 0.15) is 0 Å². The van der Waals surface area contributed by atoms with E-state index in [4.69, 9.17) is 10.8 Å². The largest absolute Gasteiger partial charge is 0.478 e. The molecule has 1 unspecified atom stereocenters. The maximum Gasteiger partial charge on any atom is 0.335 e. The predicted molar refractivity (Wildman–Crippen MR) is 52.0 cm³/mol. The zero-order valence-electron chi connectivity index (χ0n) is 7.90. The fraction of sp³-hybridized carbons (Fsp3) is 0.300. The minimum Gasteiger partial charge on any atom is -0.478 e. The number of nitrogens with two attached hydrogens (primary N) is 1. The van der Waals surface area contributed by atoms with E-state index in [0.29, 0.717) is 5.56 Å². The first-order chi connectivity index (χ1) is 6.47. The topological polar surface area (TPSA) is 83.5 Å². The molecule has 4 N–H and O–H groups in total. The van der Waals surface area contributed by atoms with Gasteiger partial charge in [0.05, 0.1) is 11.2 Å². The van der Waals surface area contributed by atoms with Crippen LogP contribution in [0.15, 0.2) is 24.3 Å². The summed E-state index contributed by atoms with van der Waals surface area (Å²) in [6.07, 6.45) is 0. The second-order valence-electron chi connectivity index (χ2n) is 3.36. The lowest BCUT2D eigenvalue weighted by Gasteiger charge is -2.21. The fourth-order valence-corrected chi connectivity index (χ4v) is 1.09. The molecule has 4 heteroatoms. The Hall–Kier alpha value is -1.39. The Morgan fingerprint density at radius 3 is 2.29 bits per heavy atom. The third kappa shape index (κ3) is 2.10. The highest BCUT2D eigenvalue weighted by Gasteiger charge is 2.20. The summed E-state index contributed by atoms with van der Waals surface area (Å²) >= 11 is 0. The van der Waals surface area contributed by atoms with Crippen LogP contribution in [0.4, 0.5) is 0 Å². The molecule has 4 nitrogen and oxygen atoms in total. The molecule has 1 atom stereocenters. The molecule has 0 aliphatic carbocycles. The van der Waals surface area contributed by atoms with Crippen molar-refractivity contribution in [1.82, 2.24) is 0 Å². The van der Waals surface area contributed by atoms with Crippen LogP contribution in [0.2, 0.25) is 0 Å². The van der Waals surface area contributed by atoms with Crippen LogP contribution >= 0.6 is 0 Å². The SMILES string of the molecule is CC(O)(CN)c1ccc(C(=O)O)cc1. The van der Waals surface area contributed by atoms with Gasteiger partial charge in [-0.05, 0) is 24.6 Å². The van der Waals surface area contributed by atoms with E-state index in [1.54, 1.807) is 19.1 Å². The quantitative estimate of drug-likeness (QED) is 0.657. The van der Waals surface area contributed by atoms with Gasteiger partial charge in [-0.1, -0.05) is 12.1 Å². The summed E-state index contributed by atoms with van der Waals surface area (Å²) in [7, 11) is 0. The van der Waals surface area contributed by atoms with Crippen molar-refractivity contribution in [1.29, 1.82) is 0 Å². The van der Waals surface area contributed by atoms with Crippen LogP contribution in [0.3, 0.4) is 0 Å². The molecule has 0 saturated carbocycles. The number of benzene rings is 1. The third-order valence-corrected chi connectivity index (χ3v) is 2.15. The maximum atomic E-state index is 10.5. The summed E-state index contributed by atoms with van der Waals surface area (Å²) in [6, 6.07) is 6.02. The predicted octanol–water partition coefficient (Wildman–Crippen LogP) is 0.551. The molecule has 1 aromatic carbocycles. The number of aliphatic hydroxyl groups is 1. The lowest BCUT2D eigenvalue weighted by molar-refractivity contribution is 0.0658. The monoisotopic (exact) mass is 195 g/mol. The van der Waals surface area contributed by atoms with Crippen LogP contribution in [0, 0.1) is 0 Å². The van der Waals surface area contributed by atoms with Crippen molar-refractivity contribution in [2.24, 2.45) is 5.73 Å². The Balaban J connectivity index is 2.99. The molecule has 0 aliphatic heterocycles. The highest BCUT2D eigenvalue weighted by Crippen LogP contribution is 2.19. The van der Waals surface area contributed by atoms with Crippen molar-refractivity contribution in [2.45, 2.75) is 12.5 Å². The van der Waals surface area contributed by atoms with Crippen LogP contribution in [0.1, 0.15) is 22.8 Å². The fourth-order valence-electron chi connectivity index (χ4n) is 1.09. The molecule has 0 saturated heterocycles. The van der Waals surface area contributed by atoms with Crippen molar-refractivity contribution in [3.8, 4) is 0 Å². The molecule has 0 fully saturated rings. The zero-order valence-corrected chi connectivity index (χ0v) is 7.90. The van der Waals surface area contributed by atoms with Gasteiger partial charge in [0, 0.05) is 6.54 Å². The van der Waals surface area contributed by atoms with Crippen molar-refractivity contribution in [3.63, 3.8) is 0 Å². The van der Waals surface area contributed by atoms with Gasteiger partial charge in [-0.3, -0.25) is 0 Å². The van der Waals surface area contributed by atoms with Crippen molar-refractivity contribution in [3.05, 3.63) is 35.4 Å². The van der Waals surface area contributed by atoms with E-state index in [-0.39, 0.29) is 12.1 Å². The Morgan fingerprint density at radius 2 is 1.93 bits per heavy atom. The lowest BCUT2D eigenvalue weighted by Crippen LogP contribution is -2.31. The Labute approximate surface area is 82.0 Å². The van der Waals surface area contributed by atoms with Crippen molar-refractivity contribution >= 4 is 5.97 Å². The second kappa shape index (κ2) is 3.77. The van der Waals surface area contributed by atoms with Crippen LogP contribution in [-0.2, 0) is 5.60 Å². The molecule has 1 rings (SSSR count). The van der Waals surface area contributed by atoms with Gasteiger partial charge in [-0.25, -0.2) is 4.79 Å². The van der Waals surface area contributed by atoms with E-state index in [9.17, 15) is 9.90 Å². The van der Waals surface area contributed by atoms with E-state index in [1.807, 2.05) is 0 Å². The Morgan fingerprint density at radius 1 is 1.43 bits per heavy atom. The second-order valence-corrected chi connectivity index (χ2v) is 3.36. The van der Waals surface area contributed by atoms with Gasteiger partial charge in [0.2, 0.25) is 0 Å². The lowest BCUT2D eigenvalue weighted by atomic mass is 9.95. The summed E-state index contributed by atoms with van der Waals surface area (Å²) in [5, 5.41) is 18.4. The Bertz CT molecular complexity index is 330. The number of hydrogen-bond acceptors (Lipinski definition) is 3. The highest BCUT2D eigenvalue weighted by atomic mass is 16.4. The molecule has 0 aromatic heterocycles. The molecular formula is C10H13NO3. The molecule has 0 bridgehead atoms. The number of aromatic carboxylic acids is 1. The van der Waals surface area contributed by atoms with Gasteiger partial charge >= 0.3 is 5.97 Å². The highest BCUT2D eigenvalue weighted by molar-refractivity contribution is 5.87. The molecule has 0 amide bonds. The molecule has 1 aromatic rings. The Kier molecular flexibility index (Phi) is 2.88. The van der Waals surface area contributed by atoms with Crippen molar-refractivity contribution < 1.29 is 15.0 Å². The molecule has 76 valence electrons. The standard InChI is InChI=1S/C10H13NO3/c1-10(14,6-11)8-4-2-7(3-5-8)9(12)13/h2-5,14H,6,11H2,1H3,(H,12,13). The number of carbonyl (C=O) groups is 1. The zero-order chi connectivity index (χ0) is 10.8. The number of rotatable bonds is 3. The summed E-state index contributed by atoms with van der Waals surface area (Å²) < 4.78 is 0. The normalized spacial score (nSPS) is 14.8. The van der Waals surface area contributed by atoms with E-state index >= 15 is 0 Å². The summed E-state index contributed by atoms with van der Waals surface area (Å²) in [5.74, 6) is -0.982. The van der Waals surface area contributed by atoms with Gasteiger partial charge < -0.3 is 15.9 Å². The van der Waals surface area contributed by atoms with Crippen LogP contribution in [0.25, 0.3) is 0 Å². The molecule has 14 heavy (non-hydrogen) atoms. The van der Waals surface area contributed by atoms with Crippen LogP contribution < -0.4 is 5.73 Å². The van der Waals surface area contributed by atoms with Gasteiger partial charge in [0.25, 0.3) is 0 Å². The summed E-state index contributed by atoms with van der Waals surface area (Å²) in [6.45, 7) is 1.68. The van der Waals surface area contributed by atoms with E-state index in [2.05, 4.69) is 0 Å². The van der Waals surface area contributed by atoms with Gasteiger partial charge in [0.15, 0.2) is 0 Å². The minimum absolute atomic E-state index is 0.0966. The first-order valence-corrected chi connectivity index (χ1v) is 4.23. The van der Waals surface area contributed by atoms with E-state index in [0.717, 1.165) is 0 Å². The first-order valence-electron chi connectivity index (χ1n) is 4.23. The number of hydrogen-bond donors (Lipinski definition) is 3. The molecule has 0 spiro atoms. The molecular weight excluding hydrogens is 182 g/mol.